The van der Waals surface area contributed by atoms with Crippen molar-refractivity contribution in [3.63, 3.8) is 0 Å². The van der Waals surface area contributed by atoms with Gasteiger partial charge in [0, 0.05) is 37.9 Å². The molecule has 178 valence electrons. The van der Waals surface area contributed by atoms with Crippen LogP contribution in [0.15, 0.2) is 33.7 Å². The van der Waals surface area contributed by atoms with Crippen molar-refractivity contribution in [1.29, 1.82) is 0 Å². The highest BCUT2D eigenvalue weighted by molar-refractivity contribution is 8.02. The Morgan fingerprint density at radius 1 is 1.27 bits per heavy atom. The van der Waals surface area contributed by atoms with Crippen LogP contribution in [0.1, 0.15) is 19.4 Å². The lowest BCUT2D eigenvalue weighted by atomic mass is 10.1. The summed E-state index contributed by atoms with van der Waals surface area (Å²) in [5.41, 5.74) is 1.66. The largest absolute Gasteiger partial charge is 0.491 e. The van der Waals surface area contributed by atoms with Gasteiger partial charge < -0.3 is 24.2 Å². The first-order chi connectivity index (χ1) is 16.0. The Morgan fingerprint density at radius 3 is 2.82 bits per heavy atom. The SMILES string of the molecule is COc1c(OC[C@H](O)CN2C[C@@H](C)O[C@@H](C)C2)ccc2c1N=C(N1C=CSC1)N1CCN=C21. The third-order valence-electron chi connectivity index (χ3n) is 6.04. The number of ether oxygens (including phenoxy) is 3. The number of guanidine groups is 1. The Hall–Kier alpha value is -2.27. The van der Waals surface area contributed by atoms with Gasteiger partial charge in [-0.15, -0.1) is 11.8 Å². The second kappa shape index (κ2) is 9.54. The minimum absolute atomic E-state index is 0.164. The fraction of sp³-hybridized carbons (Fsp3) is 0.565. The number of hydrogen-bond acceptors (Lipinski definition) is 10. The Labute approximate surface area is 198 Å². The molecule has 1 saturated heterocycles. The normalized spacial score (nSPS) is 25.5. The number of aliphatic hydroxyl groups excluding tert-OH is 1. The molecule has 0 bridgehead atoms. The molecule has 0 aromatic heterocycles. The summed E-state index contributed by atoms with van der Waals surface area (Å²) in [5.74, 6) is 3.73. The lowest BCUT2D eigenvalue weighted by Gasteiger charge is -2.36. The molecule has 1 aromatic rings. The molecule has 0 aliphatic carbocycles. The Bertz CT molecular complexity index is 974. The highest BCUT2D eigenvalue weighted by atomic mass is 32.2. The summed E-state index contributed by atoms with van der Waals surface area (Å²) in [6.07, 6.45) is 1.75. The van der Waals surface area contributed by atoms with Crippen LogP contribution >= 0.6 is 11.8 Å². The van der Waals surface area contributed by atoms with Crippen molar-refractivity contribution in [2.24, 2.45) is 9.98 Å². The van der Waals surface area contributed by atoms with Crippen LogP contribution in [-0.4, -0.2) is 102 Å². The van der Waals surface area contributed by atoms with Crippen molar-refractivity contribution < 1.29 is 19.3 Å². The lowest BCUT2D eigenvalue weighted by molar-refractivity contribution is -0.0787. The molecular formula is C23H31N5O4S. The first-order valence-corrected chi connectivity index (χ1v) is 12.4. The summed E-state index contributed by atoms with van der Waals surface area (Å²) in [4.78, 5) is 16.2. The van der Waals surface area contributed by atoms with Gasteiger partial charge in [0.05, 0.1) is 31.7 Å². The molecular weight excluding hydrogens is 442 g/mol. The van der Waals surface area contributed by atoms with Crippen LogP contribution in [0.2, 0.25) is 0 Å². The predicted molar refractivity (Wildman–Crippen MR) is 130 cm³/mol. The van der Waals surface area contributed by atoms with E-state index < -0.39 is 6.10 Å². The Kier molecular flexibility index (Phi) is 6.51. The average molecular weight is 474 g/mol. The van der Waals surface area contributed by atoms with E-state index in [4.69, 9.17) is 24.2 Å². The highest BCUT2D eigenvalue weighted by Crippen LogP contribution is 2.44. The number of thioether (sulfide) groups is 1. The van der Waals surface area contributed by atoms with Crippen LogP contribution in [0.4, 0.5) is 5.69 Å². The van der Waals surface area contributed by atoms with Crippen LogP contribution in [0.3, 0.4) is 0 Å². The molecule has 4 heterocycles. The monoisotopic (exact) mass is 473 g/mol. The molecule has 0 unspecified atom stereocenters. The van der Waals surface area contributed by atoms with Crippen LogP contribution in [0, 0.1) is 0 Å². The van der Waals surface area contributed by atoms with E-state index in [1.54, 1.807) is 18.9 Å². The minimum atomic E-state index is -0.622. The van der Waals surface area contributed by atoms with Gasteiger partial charge in [0.1, 0.15) is 24.2 Å². The van der Waals surface area contributed by atoms with Gasteiger partial charge in [-0.05, 0) is 31.4 Å². The van der Waals surface area contributed by atoms with E-state index in [0.717, 1.165) is 55.1 Å². The number of methoxy groups -OCH3 is 1. The molecule has 4 aliphatic heterocycles. The summed E-state index contributed by atoms with van der Waals surface area (Å²) in [6.45, 7) is 8.00. The molecule has 1 fully saturated rings. The number of aliphatic hydroxyl groups is 1. The number of nitrogens with zero attached hydrogens (tertiary/aromatic N) is 5. The number of morpholine rings is 1. The van der Waals surface area contributed by atoms with Gasteiger partial charge in [-0.3, -0.25) is 14.8 Å². The number of fused-ring (bicyclic) bond motifs is 3. The van der Waals surface area contributed by atoms with Gasteiger partial charge in [0.15, 0.2) is 11.5 Å². The van der Waals surface area contributed by atoms with Gasteiger partial charge >= 0.3 is 0 Å². The standard InChI is InChI=1S/C23H31N5O4S/c1-15-10-26(11-16(2)32-15)12-17(29)13-31-19-5-4-18-20(21(19)30-3)25-23(27-8-9-33-14-27)28-7-6-24-22(18)28/h4-5,8-9,15-17,29H,6-7,10-14H2,1-3H3/t15-,16+,17-/m1/s1. The summed E-state index contributed by atoms with van der Waals surface area (Å²) >= 11 is 1.73. The van der Waals surface area contributed by atoms with E-state index in [1.165, 1.54) is 0 Å². The van der Waals surface area contributed by atoms with E-state index in [9.17, 15) is 5.11 Å². The smallest absolute Gasteiger partial charge is 0.212 e. The van der Waals surface area contributed by atoms with Gasteiger partial charge in [0.2, 0.25) is 5.96 Å². The van der Waals surface area contributed by atoms with Crippen LogP contribution in [0.5, 0.6) is 11.5 Å². The summed E-state index contributed by atoms with van der Waals surface area (Å²) < 4.78 is 17.6. The molecule has 3 atom stereocenters. The van der Waals surface area contributed by atoms with Crippen molar-refractivity contribution in [1.82, 2.24) is 14.7 Å². The van der Waals surface area contributed by atoms with E-state index in [2.05, 4.69) is 34.0 Å². The molecule has 0 amide bonds. The molecule has 0 spiro atoms. The predicted octanol–water partition coefficient (Wildman–Crippen LogP) is 2.08. The number of aliphatic imine (C=N–C) groups is 2. The summed E-state index contributed by atoms with van der Waals surface area (Å²) in [7, 11) is 1.62. The zero-order valence-corrected chi connectivity index (χ0v) is 20.1. The van der Waals surface area contributed by atoms with Gasteiger partial charge in [-0.25, -0.2) is 4.99 Å². The zero-order chi connectivity index (χ0) is 22.9. The van der Waals surface area contributed by atoms with E-state index in [1.807, 2.05) is 18.3 Å². The maximum atomic E-state index is 10.6. The summed E-state index contributed by atoms with van der Waals surface area (Å²) in [6, 6.07) is 3.87. The second-order valence-corrected chi connectivity index (χ2v) is 9.62. The summed E-state index contributed by atoms with van der Waals surface area (Å²) in [5, 5.41) is 12.7. The van der Waals surface area contributed by atoms with Crippen LogP contribution in [-0.2, 0) is 4.74 Å². The Balaban J connectivity index is 1.34. The first kappa shape index (κ1) is 22.5. The number of amidine groups is 1. The van der Waals surface area contributed by atoms with Crippen molar-refractivity contribution in [2.75, 3.05) is 52.3 Å². The fourth-order valence-electron chi connectivity index (χ4n) is 4.78. The molecule has 0 radical (unpaired) electrons. The maximum absolute atomic E-state index is 10.6. The van der Waals surface area contributed by atoms with E-state index in [0.29, 0.717) is 18.0 Å². The number of rotatable bonds is 6. The molecule has 5 rings (SSSR count). The molecule has 1 aromatic carbocycles. The van der Waals surface area contributed by atoms with Gasteiger partial charge in [0.25, 0.3) is 0 Å². The molecule has 0 saturated carbocycles. The lowest BCUT2D eigenvalue weighted by Crippen LogP contribution is -2.48. The third-order valence-corrected chi connectivity index (χ3v) is 6.78. The van der Waals surface area contributed by atoms with E-state index in [-0.39, 0.29) is 18.8 Å². The van der Waals surface area contributed by atoms with Gasteiger partial charge in [-0.2, -0.15) is 0 Å². The molecule has 33 heavy (non-hydrogen) atoms. The molecule has 4 aliphatic rings. The number of benzene rings is 1. The van der Waals surface area contributed by atoms with Gasteiger partial charge in [-0.1, -0.05) is 0 Å². The third kappa shape index (κ3) is 4.57. The first-order valence-electron chi connectivity index (χ1n) is 11.4. The zero-order valence-electron chi connectivity index (χ0n) is 19.3. The average Bonchev–Trinajstić information content (AvgIpc) is 3.48. The topological polar surface area (TPSA) is 82.4 Å². The quantitative estimate of drug-likeness (QED) is 0.673. The number of hydrogen-bond donors (Lipinski definition) is 1. The second-order valence-electron chi connectivity index (χ2n) is 8.75. The number of β-amino-alcohol motifs (C(OH)–C–C–N with tert-alkyl or cyclic N) is 1. The van der Waals surface area contributed by atoms with Crippen molar-refractivity contribution in [3.8, 4) is 11.5 Å². The molecule has 9 nitrogen and oxygen atoms in total. The highest BCUT2D eigenvalue weighted by Gasteiger charge is 2.35. The van der Waals surface area contributed by atoms with Crippen molar-refractivity contribution >= 4 is 29.2 Å². The van der Waals surface area contributed by atoms with Crippen LogP contribution in [0.25, 0.3) is 0 Å². The minimum Gasteiger partial charge on any atom is -0.491 e. The van der Waals surface area contributed by atoms with Crippen molar-refractivity contribution in [2.45, 2.75) is 32.2 Å². The van der Waals surface area contributed by atoms with Crippen molar-refractivity contribution in [3.05, 3.63) is 29.3 Å². The van der Waals surface area contributed by atoms with Crippen LogP contribution < -0.4 is 9.47 Å². The molecule has 10 heteroatoms. The maximum Gasteiger partial charge on any atom is 0.212 e. The van der Waals surface area contributed by atoms with E-state index >= 15 is 0 Å². The molecule has 1 N–H and O–H groups in total. The Morgan fingerprint density at radius 2 is 2.09 bits per heavy atom. The fourth-order valence-corrected chi connectivity index (χ4v) is 5.47.